The highest BCUT2D eigenvalue weighted by atomic mass is 32.2. The first-order valence-electron chi connectivity index (χ1n) is 8.71. The number of nitrogens with zero attached hydrogens (tertiary/aromatic N) is 1. The van der Waals surface area contributed by atoms with E-state index >= 15 is 0 Å². The van der Waals surface area contributed by atoms with Gasteiger partial charge in [-0.25, -0.2) is 27.0 Å². The lowest BCUT2D eigenvalue weighted by atomic mass is 10.1. The molecule has 1 aliphatic heterocycles. The van der Waals surface area contributed by atoms with Crippen molar-refractivity contribution in [3.05, 3.63) is 24.3 Å². The van der Waals surface area contributed by atoms with Crippen LogP contribution in [0.2, 0.25) is 0 Å². The lowest BCUT2D eigenvalue weighted by Crippen LogP contribution is -2.45. The topological polar surface area (TPSA) is 142 Å². The van der Waals surface area contributed by atoms with Gasteiger partial charge in [0.15, 0.2) is 0 Å². The maximum Gasteiger partial charge on any atom is 0.261 e. The van der Waals surface area contributed by atoms with Crippen molar-refractivity contribution in [3.8, 4) is 5.75 Å². The molecule has 1 amide bonds. The molecule has 1 heterocycles. The smallest absolute Gasteiger partial charge is 0.261 e. The number of methoxy groups -OCH3 is 1. The second kappa shape index (κ2) is 9.18. The molecule has 3 N–H and O–H groups in total. The van der Waals surface area contributed by atoms with Gasteiger partial charge in [0, 0.05) is 13.1 Å². The Bertz CT molecular complexity index is 885. The van der Waals surface area contributed by atoms with Crippen LogP contribution in [-0.2, 0) is 24.8 Å². The molecule has 0 spiro atoms. The number of sulfonamides is 2. The Kier molecular flexibility index (Phi) is 7.39. The van der Waals surface area contributed by atoms with Crippen LogP contribution < -0.4 is 14.9 Å². The third-order valence-electron chi connectivity index (χ3n) is 4.45. The molecule has 2 atom stereocenters. The Morgan fingerprint density at radius 1 is 1.25 bits per heavy atom. The van der Waals surface area contributed by atoms with Gasteiger partial charge in [0.05, 0.1) is 17.8 Å². The molecule has 1 aromatic rings. The Hall–Kier alpha value is -1.73. The SMILES string of the molecule is CCCNS(=O)(=O)C[C@H]1C[C@H](C(=O)NO)N(S(=O)(=O)c2ccc(OC)cc2)C1. The fourth-order valence-corrected chi connectivity index (χ4v) is 6.27. The predicted octanol–water partition coefficient (Wildman–Crippen LogP) is -0.0908. The molecule has 1 aliphatic rings. The van der Waals surface area contributed by atoms with Crippen molar-refractivity contribution in [3.63, 3.8) is 0 Å². The standard InChI is InChI=1S/C16H25N3O7S2/c1-3-8-17-27(22,23)11-12-9-15(16(20)18-21)19(10-12)28(24,25)14-6-4-13(26-2)5-7-14/h4-7,12,15,17,21H,3,8-11H2,1-2H3,(H,18,20)/t12-,15+/m0/s1. The molecule has 2 rings (SSSR count). The Morgan fingerprint density at radius 3 is 2.43 bits per heavy atom. The summed E-state index contributed by atoms with van der Waals surface area (Å²) in [7, 11) is -6.24. The summed E-state index contributed by atoms with van der Waals surface area (Å²) in [6.07, 6.45) is 0.603. The lowest BCUT2D eigenvalue weighted by Gasteiger charge is -2.22. The summed E-state index contributed by atoms with van der Waals surface area (Å²) in [6, 6.07) is 4.43. The summed E-state index contributed by atoms with van der Waals surface area (Å²) in [5, 5.41) is 8.98. The van der Waals surface area contributed by atoms with Gasteiger partial charge < -0.3 is 4.74 Å². The van der Waals surface area contributed by atoms with Crippen molar-refractivity contribution >= 4 is 26.0 Å². The van der Waals surface area contributed by atoms with Gasteiger partial charge in [-0.15, -0.1) is 0 Å². The Labute approximate surface area is 164 Å². The Morgan fingerprint density at radius 2 is 1.89 bits per heavy atom. The zero-order valence-corrected chi connectivity index (χ0v) is 17.3. The molecule has 0 bridgehead atoms. The van der Waals surface area contributed by atoms with Crippen LogP contribution in [0.4, 0.5) is 0 Å². The van der Waals surface area contributed by atoms with Crippen LogP contribution in [0.3, 0.4) is 0 Å². The van der Waals surface area contributed by atoms with Crippen LogP contribution in [0.5, 0.6) is 5.75 Å². The predicted molar refractivity (Wildman–Crippen MR) is 101 cm³/mol. The molecule has 10 nitrogen and oxygen atoms in total. The van der Waals surface area contributed by atoms with Crippen LogP contribution >= 0.6 is 0 Å². The van der Waals surface area contributed by atoms with E-state index in [1.54, 1.807) is 0 Å². The molecule has 12 heteroatoms. The minimum absolute atomic E-state index is 0.0190. The zero-order chi connectivity index (χ0) is 20.9. The highest BCUT2D eigenvalue weighted by Crippen LogP contribution is 2.31. The molecule has 1 saturated heterocycles. The maximum atomic E-state index is 13.0. The third kappa shape index (κ3) is 5.20. The zero-order valence-electron chi connectivity index (χ0n) is 15.7. The van der Waals surface area contributed by atoms with E-state index in [0.29, 0.717) is 12.2 Å². The van der Waals surface area contributed by atoms with E-state index in [1.807, 2.05) is 6.92 Å². The summed E-state index contributed by atoms with van der Waals surface area (Å²) in [5.74, 6) is -1.34. The summed E-state index contributed by atoms with van der Waals surface area (Å²) in [5.41, 5.74) is 1.47. The lowest BCUT2D eigenvalue weighted by molar-refractivity contribution is -0.132. The summed E-state index contributed by atoms with van der Waals surface area (Å²) in [4.78, 5) is 12.0. The van der Waals surface area contributed by atoms with E-state index < -0.39 is 37.9 Å². The van der Waals surface area contributed by atoms with Gasteiger partial charge in [-0.1, -0.05) is 6.92 Å². The monoisotopic (exact) mass is 435 g/mol. The number of carbonyl (C=O) groups excluding carboxylic acids is 1. The van der Waals surface area contributed by atoms with Crippen molar-refractivity contribution in [1.29, 1.82) is 0 Å². The van der Waals surface area contributed by atoms with Gasteiger partial charge in [0.25, 0.3) is 5.91 Å². The molecular formula is C16H25N3O7S2. The van der Waals surface area contributed by atoms with Gasteiger partial charge >= 0.3 is 0 Å². The van der Waals surface area contributed by atoms with Crippen molar-refractivity contribution in [2.24, 2.45) is 5.92 Å². The molecule has 158 valence electrons. The van der Waals surface area contributed by atoms with Crippen LogP contribution in [0.25, 0.3) is 0 Å². The highest BCUT2D eigenvalue weighted by molar-refractivity contribution is 7.89. The average molecular weight is 436 g/mol. The largest absolute Gasteiger partial charge is 0.497 e. The van der Waals surface area contributed by atoms with Gasteiger partial charge in [0.1, 0.15) is 11.8 Å². The maximum absolute atomic E-state index is 13.0. The van der Waals surface area contributed by atoms with Crippen molar-refractivity contribution in [2.75, 3.05) is 26.0 Å². The summed E-state index contributed by atoms with van der Waals surface area (Å²) in [6.45, 7) is 1.95. The van der Waals surface area contributed by atoms with Crippen molar-refractivity contribution in [2.45, 2.75) is 30.7 Å². The van der Waals surface area contributed by atoms with Crippen LogP contribution in [0.1, 0.15) is 19.8 Å². The molecule has 0 radical (unpaired) electrons. The molecule has 0 unspecified atom stereocenters. The first-order valence-corrected chi connectivity index (χ1v) is 11.8. The second-order valence-electron chi connectivity index (χ2n) is 6.52. The van der Waals surface area contributed by atoms with E-state index in [2.05, 4.69) is 4.72 Å². The minimum atomic E-state index is -4.08. The van der Waals surface area contributed by atoms with Crippen LogP contribution in [-0.4, -0.2) is 64.2 Å². The number of hydrogen-bond donors (Lipinski definition) is 3. The number of nitrogens with one attached hydrogen (secondary N) is 2. The first-order chi connectivity index (χ1) is 13.1. The molecule has 1 fully saturated rings. The minimum Gasteiger partial charge on any atom is -0.497 e. The summed E-state index contributed by atoms with van der Waals surface area (Å²) >= 11 is 0. The average Bonchev–Trinajstić information content (AvgIpc) is 3.09. The molecule has 0 saturated carbocycles. The highest BCUT2D eigenvalue weighted by Gasteiger charge is 2.45. The van der Waals surface area contributed by atoms with E-state index in [0.717, 1.165) is 4.31 Å². The van der Waals surface area contributed by atoms with E-state index in [4.69, 9.17) is 9.94 Å². The number of rotatable bonds is 9. The van der Waals surface area contributed by atoms with Gasteiger partial charge in [-0.05, 0) is 43.0 Å². The van der Waals surface area contributed by atoms with E-state index in [1.165, 1.54) is 36.9 Å². The first kappa shape index (κ1) is 22.6. The normalized spacial score (nSPS) is 20.8. The number of carbonyl (C=O) groups is 1. The van der Waals surface area contributed by atoms with E-state index in [9.17, 15) is 21.6 Å². The molecule has 0 aliphatic carbocycles. The number of ether oxygens (including phenoxy) is 1. The van der Waals surface area contributed by atoms with Crippen LogP contribution in [0.15, 0.2) is 29.2 Å². The fourth-order valence-electron chi connectivity index (χ4n) is 3.10. The Balaban J connectivity index is 2.27. The van der Waals surface area contributed by atoms with Crippen LogP contribution in [0, 0.1) is 5.92 Å². The number of hydroxylamine groups is 1. The van der Waals surface area contributed by atoms with Crippen molar-refractivity contribution < 1.29 is 31.6 Å². The second-order valence-corrected chi connectivity index (χ2v) is 10.3. The van der Waals surface area contributed by atoms with E-state index in [-0.39, 0.29) is 30.2 Å². The molecule has 1 aromatic carbocycles. The molecule has 0 aromatic heterocycles. The van der Waals surface area contributed by atoms with Gasteiger partial charge in [0.2, 0.25) is 20.0 Å². The fraction of sp³-hybridized carbons (Fsp3) is 0.562. The summed E-state index contributed by atoms with van der Waals surface area (Å²) < 4.78 is 58.7. The number of benzene rings is 1. The quantitative estimate of drug-likeness (QED) is 0.363. The number of hydrogen-bond acceptors (Lipinski definition) is 7. The van der Waals surface area contributed by atoms with Gasteiger partial charge in [-0.2, -0.15) is 4.31 Å². The van der Waals surface area contributed by atoms with Gasteiger partial charge in [-0.3, -0.25) is 10.0 Å². The number of amides is 1. The molecular weight excluding hydrogens is 410 g/mol. The van der Waals surface area contributed by atoms with Crippen molar-refractivity contribution in [1.82, 2.24) is 14.5 Å². The third-order valence-corrected chi connectivity index (χ3v) is 7.89. The molecule has 28 heavy (non-hydrogen) atoms.